The third-order valence-corrected chi connectivity index (χ3v) is 4.61. The Bertz CT molecular complexity index is 1020. The maximum absolute atomic E-state index is 12.2. The van der Waals surface area contributed by atoms with Gasteiger partial charge in [0.15, 0.2) is 0 Å². The standard InChI is InChI=1S/C21H22N6O/c28-21(19-14-18(26-27-19)15-9-12-22-13-10-15)23-11-5-1-2-8-20-24-16-6-3-4-7-17(16)25-20/h3-4,6-7,9-10,12-14H,1-2,5,8,11H2,(H,23,28)(H,24,25)(H,26,27). The van der Waals surface area contributed by atoms with Gasteiger partial charge in [0, 0.05) is 30.9 Å². The number of para-hydroxylation sites is 2. The third-order valence-electron chi connectivity index (χ3n) is 4.61. The Hall–Kier alpha value is -3.48. The molecule has 0 unspecified atom stereocenters. The van der Waals surface area contributed by atoms with Gasteiger partial charge >= 0.3 is 0 Å². The van der Waals surface area contributed by atoms with Crippen molar-refractivity contribution in [3.05, 3.63) is 66.4 Å². The lowest BCUT2D eigenvalue weighted by molar-refractivity contribution is 0.0948. The number of nitrogens with zero attached hydrogens (tertiary/aromatic N) is 3. The first-order valence-corrected chi connectivity index (χ1v) is 9.47. The highest BCUT2D eigenvalue weighted by Gasteiger charge is 2.10. The van der Waals surface area contributed by atoms with E-state index in [0.717, 1.165) is 53.8 Å². The van der Waals surface area contributed by atoms with Crippen LogP contribution in [-0.2, 0) is 6.42 Å². The van der Waals surface area contributed by atoms with Crippen molar-refractivity contribution in [3.63, 3.8) is 0 Å². The maximum atomic E-state index is 12.2. The zero-order chi connectivity index (χ0) is 19.2. The van der Waals surface area contributed by atoms with Gasteiger partial charge < -0.3 is 10.3 Å². The molecule has 0 radical (unpaired) electrons. The summed E-state index contributed by atoms with van der Waals surface area (Å²) in [4.78, 5) is 24.1. The Morgan fingerprint density at radius 1 is 1.04 bits per heavy atom. The molecule has 28 heavy (non-hydrogen) atoms. The molecule has 3 aromatic heterocycles. The predicted octanol–water partition coefficient (Wildman–Crippen LogP) is 3.49. The van der Waals surface area contributed by atoms with Gasteiger partial charge in [-0.1, -0.05) is 18.6 Å². The molecule has 0 fully saturated rings. The number of aromatic amines is 2. The minimum atomic E-state index is -0.134. The first-order valence-electron chi connectivity index (χ1n) is 9.47. The Balaban J connectivity index is 1.18. The van der Waals surface area contributed by atoms with Gasteiger partial charge in [0.2, 0.25) is 0 Å². The number of carbonyl (C=O) groups excluding carboxylic acids is 1. The lowest BCUT2D eigenvalue weighted by Gasteiger charge is -2.03. The number of imidazole rings is 1. The number of amides is 1. The third kappa shape index (κ3) is 4.25. The average molecular weight is 374 g/mol. The van der Waals surface area contributed by atoms with E-state index in [4.69, 9.17) is 0 Å². The molecule has 0 bridgehead atoms. The van der Waals surface area contributed by atoms with E-state index in [1.54, 1.807) is 18.5 Å². The van der Waals surface area contributed by atoms with Crippen molar-refractivity contribution >= 4 is 16.9 Å². The van der Waals surface area contributed by atoms with Crippen LogP contribution in [0.3, 0.4) is 0 Å². The normalized spacial score (nSPS) is 11.0. The highest BCUT2D eigenvalue weighted by Crippen LogP contribution is 2.16. The summed E-state index contributed by atoms with van der Waals surface area (Å²) in [5, 5.41) is 9.93. The molecule has 0 aliphatic heterocycles. The topological polar surface area (TPSA) is 99.3 Å². The molecule has 3 N–H and O–H groups in total. The van der Waals surface area contributed by atoms with Crippen LogP contribution in [0.4, 0.5) is 0 Å². The number of nitrogens with one attached hydrogen (secondary N) is 3. The number of aryl methyl sites for hydroxylation is 1. The molecular formula is C21H22N6O. The van der Waals surface area contributed by atoms with Crippen LogP contribution in [-0.4, -0.2) is 37.6 Å². The van der Waals surface area contributed by atoms with Crippen molar-refractivity contribution in [2.75, 3.05) is 6.54 Å². The smallest absolute Gasteiger partial charge is 0.269 e. The summed E-state index contributed by atoms with van der Waals surface area (Å²) in [6.45, 7) is 0.641. The molecule has 4 rings (SSSR count). The monoisotopic (exact) mass is 374 g/mol. The van der Waals surface area contributed by atoms with Crippen LogP contribution in [0.5, 0.6) is 0 Å². The van der Waals surface area contributed by atoms with E-state index in [9.17, 15) is 4.79 Å². The lowest BCUT2D eigenvalue weighted by atomic mass is 10.2. The van der Waals surface area contributed by atoms with E-state index in [2.05, 4.69) is 30.5 Å². The fourth-order valence-electron chi connectivity index (χ4n) is 3.12. The van der Waals surface area contributed by atoms with Crippen LogP contribution in [0.25, 0.3) is 22.3 Å². The van der Waals surface area contributed by atoms with E-state index in [-0.39, 0.29) is 5.91 Å². The van der Waals surface area contributed by atoms with Gasteiger partial charge in [0.05, 0.1) is 16.7 Å². The molecule has 0 atom stereocenters. The molecule has 0 spiro atoms. The number of unbranched alkanes of at least 4 members (excludes halogenated alkanes) is 2. The quantitative estimate of drug-likeness (QED) is 0.411. The van der Waals surface area contributed by atoms with Crippen LogP contribution in [0.1, 0.15) is 35.6 Å². The fourth-order valence-corrected chi connectivity index (χ4v) is 3.12. The van der Waals surface area contributed by atoms with Crippen molar-refractivity contribution in [3.8, 4) is 11.3 Å². The first kappa shape index (κ1) is 17.9. The van der Waals surface area contributed by atoms with Crippen LogP contribution in [0.15, 0.2) is 54.9 Å². The van der Waals surface area contributed by atoms with Crippen molar-refractivity contribution < 1.29 is 4.79 Å². The number of rotatable bonds is 8. The van der Waals surface area contributed by atoms with Gasteiger partial charge in [0.25, 0.3) is 5.91 Å². The summed E-state index contributed by atoms with van der Waals surface area (Å²) >= 11 is 0. The number of H-pyrrole nitrogens is 2. The molecule has 0 saturated carbocycles. The minimum absolute atomic E-state index is 0.134. The van der Waals surface area contributed by atoms with Crippen molar-refractivity contribution in [2.45, 2.75) is 25.7 Å². The number of carbonyl (C=O) groups is 1. The number of hydrogen-bond donors (Lipinski definition) is 3. The molecule has 4 aromatic rings. The molecule has 3 heterocycles. The number of pyridine rings is 1. The molecule has 1 amide bonds. The van der Waals surface area contributed by atoms with Crippen molar-refractivity contribution in [1.82, 2.24) is 30.5 Å². The second kappa shape index (κ2) is 8.47. The molecule has 0 aliphatic carbocycles. The minimum Gasteiger partial charge on any atom is -0.351 e. The fraction of sp³-hybridized carbons (Fsp3) is 0.238. The van der Waals surface area contributed by atoms with E-state index in [0.29, 0.717) is 12.2 Å². The molecule has 0 saturated heterocycles. The average Bonchev–Trinajstić information content (AvgIpc) is 3.38. The summed E-state index contributed by atoms with van der Waals surface area (Å²) in [7, 11) is 0. The van der Waals surface area contributed by atoms with E-state index < -0.39 is 0 Å². The van der Waals surface area contributed by atoms with Crippen molar-refractivity contribution in [1.29, 1.82) is 0 Å². The maximum Gasteiger partial charge on any atom is 0.269 e. The number of hydrogen-bond acceptors (Lipinski definition) is 4. The largest absolute Gasteiger partial charge is 0.351 e. The highest BCUT2D eigenvalue weighted by molar-refractivity contribution is 5.93. The Labute approximate surface area is 162 Å². The predicted molar refractivity (Wildman–Crippen MR) is 108 cm³/mol. The van der Waals surface area contributed by atoms with Crippen LogP contribution in [0, 0.1) is 0 Å². The summed E-state index contributed by atoms with van der Waals surface area (Å²) in [6, 6.07) is 13.5. The summed E-state index contributed by atoms with van der Waals surface area (Å²) in [5.41, 5.74) is 4.22. The molecule has 142 valence electrons. The van der Waals surface area contributed by atoms with E-state index in [1.807, 2.05) is 36.4 Å². The Morgan fingerprint density at radius 2 is 1.89 bits per heavy atom. The molecule has 0 aliphatic rings. The van der Waals surface area contributed by atoms with Gasteiger partial charge in [-0.2, -0.15) is 5.10 Å². The Morgan fingerprint density at radius 3 is 2.75 bits per heavy atom. The zero-order valence-corrected chi connectivity index (χ0v) is 15.5. The number of fused-ring (bicyclic) bond motifs is 1. The number of aromatic nitrogens is 5. The van der Waals surface area contributed by atoms with E-state index >= 15 is 0 Å². The second-order valence-electron chi connectivity index (χ2n) is 6.67. The van der Waals surface area contributed by atoms with Gasteiger partial charge in [-0.05, 0) is 43.2 Å². The molecular weight excluding hydrogens is 352 g/mol. The Kier molecular flexibility index (Phi) is 5.42. The number of benzene rings is 1. The van der Waals surface area contributed by atoms with E-state index in [1.165, 1.54) is 0 Å². The van der Waals surface area contributed by atoms with Crippen molar-refractivity contribution in [2.24, 2.45) is 0 Å². The van der Waals surface area contributed by atoms with Gasteiger partial charge in [-0.15, -0.1) is 0 Å². The van der Waals surface area contributed by atoms with Crippen LogP contribution < -0.4 is 5.32 Å². The van der Waals surface area contributed by atoms with Crippen LogP contribution >= 0.6 is 0 Å². The molecule has 1 aromatic carbocycles. The highest BCUT2D eigenvalue weighted by atomic mass is 16.1. The van der Waals surface area contributed by atoms with Crippen LogP contribution in [0.2, 0.25) is 0 Å². The second-order valence-corrected chi connectivity index (χ2v) is 6.67. The van der Waals surface area contributed by atoms with Gasteiger partial charge in [-0.25, -0.2) is 4.98 Å². The molecule has 7 nitrogen and oxygen atoms in total. The SMILES string of the molecule is O=C(NCCCCCc1nc2ccccc2[nH]1)c1cc(-c2ccncc2)n[nH]1. The summed E-state index contributed by atoms with van der Waals surface area (Å²) in [6.07, 6.45) is 7.31. The zero-order valence-electron chi connectivity index (χ0n) is 15.5. The first-order chi connectivity index (χ1) is 13.8. The lowest BCUT2D eigenvalue weighted by Crippen LogP contribution is -2.24. The summed E-state index contributed by atoms with van der Waals surface area (Å²) in [5.74, 6) is 0.886. The van der Waals surface area contributed by atoms with Gasteiger partial charge in [0.1, 0.15) is 11.5 Å². The summed E-state index contributed by atoms with van der Waals surface area (Å²) < 4.78 is 0. The van der Waals surface area contributed by atoms with Gasteiger partial charge in [-0.3, -0.25) is 14.9 Å². The molecule has 7 heteroatoms.